The largest absolute Gasteiger partial charge is 0.481 e. The van der Waals surface area contributed by atoms with Gasteiger partial charge in [-0.15, -0.1) is 0 Å². The van der Waals surface area contributed by atoms with Crippen molar-refractivity contribution >= 4 is 0 Å². The van der Waals surface area contributed by atoms with E-state index in [1.807, 2.05) is 18.3 Å². The second-order valence-electron chi connectivity index (χ2n) is 4.57. The van der Waals surface area contributed by atoms with Gasteiger partial charge in [-0.3, -0.25) is 4.90 Å². The molecule has 5 nitrogen and oxygen atoms in total. The zero-order chi connectivity index (χ0) is 13.0. The Morgan fingerprint density at radius 1 is 1.61 bits per heavy atom. The molecule has 1 aromatic rings. The number of hydrogen-bond donors (Lipinski definition) is 1. The minimum atomic E-state index is 0.176. The van der Waals surface area contributed by atoms with Crippen molar-refractivity contribution in [1.29, 1.82) is 0 Å². The van der Waals surface area contributed by atoms with Crippen molar-refractivity contribution in [3.63, 3.8) is 0 Å². The van der Waals surface area contributed by atoms with Crippen molar-refractivity contribution in [3.05, 3.63) is 23.9 Å². The number of ether oxygens (including phenoxy) is 2. The molecule has 2 rings (SSSR count). The third-order valence-corrected chi connectivity index (χ3v) is 3.55. The molecule has 1 aliphatic rings. The van der Waals surface area contributed by atoms with E-state index in [9.17, 15) is 0 Å². The first-order valence-electron chi connectivity index (χ1n) is 6.26. The van der Waals surface area contributed by atoms with Gasteiger partial charge < -0.3 is 15.2 Å². The van der Waals surface area contributed by atoms with Crippen LogP contribution < -0.4 is 10.5 Å². The maximum atomic E-state index is 5.90. The molecule has 1 fully saturated rings. The molecular formula is C13H21N3O2. The van der Waals surface area contributed by atoms with E-state index in [-0.39, 0.29) is 6.04 Å². The van der Waals surface area contributed by atoms with Crippen molar-refractivity contribution in [2.45, 2.75) is 18.5 Å². The van der Waals surface area contributed by atoms with Crippen molar-refractivity contribution in [2.75, 3.05) is 33.9 Å². The molecule has 1 saturated heterocycles. The summed E-state index contributed by atoms with van der Waals surface area (Å²) in [6.07, 6.45) is 2.90. The van der Waals surface area contributed by atoms with E-state index < -0.39 is 0 Å². The zero-order valence-corrected chi connectivity index (χ0v) is 11.0. The zero-order valence-electron chi connectivity index (χ0n) is 11.0. The Balaban J connectivity index is 2.10. The highest BCUT2D eigenvalue weighted by molar-refractivity contribution is 5.21. The lowest BCUT2D eigenvalue weighted by atomic mass is 10.1. The van der Waals surface area contributed by atoms with Crippen LogP contribution in [0, 0.1) is 0 Å². The maximum absolute atomic E-state index is 5.90. The van der Waals surface area contributed by atoms with Gasteiger partial charge in [-0.25, -0.2) is 4.98 Å². The van der Waals surface area contributed by atoms with Gasteiger partial charge in [0.25, 0.3) is 0 Å². The third kappa shape index (κ3) is 2.80. The minimum absolute atomic E-state index is 0.176. The normalized spacial score (nSPS) is 21.2. The molecule has 2 atom stereocenters. The summed E-state index contributed by atoms with van der Waals surface area (Å²) in [5.41, 5.74) is 7.02. The van der Waals surface area contributed by atoms with E-state index in [1.165, 1.54) is 0 Å². The Morgan fingerprint density at radius 2 is 2.44 bits per heavy atom. The quantitative estimate of drug-likeness (QED) is 0.839. The minimum Gasteiger partial charge on any atom is -0.481 e. The molecule has 0 amide bonds. The van der Waals surface area contributed by atoms with Gasteiger partial charge in [0, 0.05) is 37.5 Å². The Hall–Kier alpha value is -1.17. The van der Waals surface area contributed by atoms with Gasteiger partial charge in [0.15, 0.2) is 0 Å². The van der Waals surface area contributed by atoms with Crippen LogP contribution in [0.3, 0.4) is 0 Å². The summed E-state index contributed by atoms with van der Waals surface area (Å²) in [4.78, 5) is 6.53. The Kier molecular flexibility index (Phi) is 4.52. The van der Waals surface area contributed by atoms with Crippen LogP contribution in [0.25, 0.3) is 0 Å². The third-order valence-electron chi connectivity index (χ3n) is 3.55. The van der Waals surface area contributed by atoms with Gasteiger partial charge in [-0.05, 0) is 19.0 Å². The lowest BCUT2D eigenvalue weighted by Gasteiger charge is -2.31. The molecule has 100 valence electrons. The van der Waals surface area contributed by atoms with E-state index in [1.54, 1.807) is 7.11 Å². The predicted molar refractivity (Wildman–Crippen MR) is 69.6 cm³/mol. The van der Waals surface area contributed by atoms with Crippen LogP contribution in [0.5, 0.6) is 5.88 Å². The second kappa shape index (κ2) is 6.13. The Morgan fingerprint density at radius 3 is 2.94 bits per heavy atom. The molecule has 1 aliphatic heterocycles. The molecule has 2 N–H and O–H groups in total. The molecule has 0 aromatic carbocycles. The molecule has 18 heavy (non-hydrogen) atoms. The predicted octanol–water partition coefficient (Wildman–Crippen LogP) is 0.811. The first-order valence-corrected chi connectivity index (χ1v) is 6.26. The average Bonchev–Trinajstić information content (AvgIpc) is 2.94. The molecule has 5 heteroatoms. The van der Waals surface area contributed by atoms with Crippen molar-refractivity contribution in [1.82, 2.24) is 9.88 Å². The summed E-state index contributed by atoms with van der Waals surface area (Å²) in [7, 11) is 3.71. The molecule has 1 aromatic heterocycles. The number of nitrogens with two attached hydrogens (primary N) is 1. The van der Waals surface area contributed by atoms with Crippen LogP contribution in [0.15, 0.2) is 18.3 Å². The maximum Gasteiger partial charge on any atom is 0.212 e. The number of methoxy groups -OCH3 is 1. The summed E-state index contributed by atoms with van der Waals surface area (Å²) >= 11 is 0. The fourth-order valence-electron chi connectivity index (χ4n) is 2.34. The van der Waals surface area contributed by atoms with Crippen LogP contribution in [0.4, 0.5) is 0 Å². The smallest absolute Gasteiger partial charge is 0.212 e. The van der Waals surface area contributed by atoms with E-state index >= 15 is 0 Å². The molecular weight excluding hydrogens is 230 g/mol. The van der Waals surface area contributed by atoms with Gasteiger partial charge in [0.2, 0.25) is 5.88 Å². The highest BCUT2D eigenvalue weighted by atomic mass is 16.5. The molecule has 0 radical (unpaired) electrons. The molecule has 0 bridgehead atoms. The van der Waals surface area contributed by atoms with Crippen LogP contribution in [-0.4, -0.2) is 49.8 Å². The highest BCUT2D eigenvalue weighted by Gasteiger charge is 2.26. The SMILES string of the molecule is COc1ccc(C(CN)N(C)C2CCOC2)cn1. The van der Waals surface area contributed by atoms with Crippen LogP contribution in [0.2, 0.25) is 0 Å². The summed E-state index contributed by atoms with van der Waals surface area (Å²) in [6.45, 7) is 2.20. The first kappa shape index (κ1) is 13.3. The number of hydrogen-bond acceptors (Lipinski definition) is 5. The van der Waals surface area contributed by atoms with E-state index in [0.717, 1.165) is 25.2 Å². The van der Waals surface area contributed by atoms with E-state index in [2.05, 4.69) is 16.9 Å². The fourth-order valence-corrected chi connectivity index (χ4v) is 2.34. The first-order chi connectivity index (χ1) is 8.76. The Labute approximate surface area is 108 Å². The van der Waals surface area contributed by atoms with Gasteiger partial charge in [-0.2, -0.15) is 0 Å². The molecule has 0 spiro atoms. The fraction of sp³-hybridized carbons (Fsp3) is 0.615. The molecule has 0 aliphatic carbocycles. The summed E-state index contributed by atoms with van der Waals surface area (Å²) in [5.74, 6) is 0.626. The second-order valence-corrected chi connectivity index (χ2v) is 4.57. The Bertz CT molecular complexity index is 363. The topological polar surface area (TPSA) is 60.6 Å². The monoisotopic (exact) mass is 251 g/mol. The molecule has 2 heterocycles. The summed E-state index contributed by atoms with van der Waals surface area (Å²) in [5, 5.41) is 0. The summed E-state index contributed by atoms with van der Waals surface area (Å²) < 4.78 is 10.5. The molecule has 0 saturated carbocycles. The van der Waals surface area contributed by atoms with Gasteiger partial charge in [0.05, 0.1) is 13.7 Å². The van der Waals surface area contributed by atoms with Crippen molar-refractivity contribution in [2.24, 2.45) is 5.73 Å². The highest BCUT2D eigenvalue weighted by Crippen LogP contribution is 2.24. The van der Waals surface area contributed by atoms with E-state index in [4.69, 9.17) is 15.2 Å². The average molecular weight is 251 g/mol. The van der Waals surface area contributed by atoms with Crippen molar-refractivity contribution in [3.8, 4) is 5.88 Å². The number of pyridine rings is 1. The summed E-state index contributed by atoms with van der Waals surface area (Å²) in [6, 6.07) is 4.52. The van der Waals surface area contributed by atoms with Crippen molar-refractivity contribution < 1.29 is 9.47 Å². The standard InChI is InChI=1S/C13H21N3O2/c1-16(11-5-6-18-9-11)12(7-14)10-3-4-13(17-2)15-8-10/h3-4,8,11-12H,5-7,9,14H2,1-2H3. The van der Waals surface area contributed by atoms with Gasteiger partial charge in [-0.1, -0.05) is 6.07 Å². The van der Waals surface area contributed by atoms with Gasteiger partial charge >= 0.3 is 0 Å². The lowest BCUT2D eigenvalue weighted by molar-refractivity contribution is 0.134. The van der Waals surface area contributed by atoms with Crippen LogP contribution >= 0.6 is 0 Å². The lowest BCUT2D eigenvalue weighted by Crippen LogP contribution is -2.39. The molecule has 2 unspecified atom stereocenters. The number of likely N-dealkylation sites (N-methyl/N-ethyl adjacent to an activating group) is 1. The number of aromatic nitrogens is 1. The van der Waals surface area contributed by atoms with Gasteiger partial charge in [0.1, 0.15) is 0 Å². The van der Waals surface area contributed by atoms with Crippen LogP contribution in [0.1, 0.15) is 18.0 Å². The van der Waals surface area contributed by atoms with E-state index in [0.29, 0.717) is 18.5 Å². The van der Waals surface area contributed by atoms with Crippen LogP contribution in [-0.2, 0) is 4.74 Å². The number of rotatable bonds is 5. The number of nitrogens with zero attached hydrogens (tertiary/aromatic N) is 2.